The van der Waals surface area contributed by atoms with E-state index in [2.05, 4.69) is 11.8 Å². The van der Waals surface area contributed by atoms with Crippen molar-refractivity contribution in [3.05, 3.63) is 0 Å². The third kappa shape index (κ3) is 5.35. The molecule has 1 heterocycles. The lowest BCUT2D eigenvalue weighted by Gasteiger charge is -2.48. The van der Waals surface area contributed by atoms with Crippen LogP contribution in [-0.2, 0) is 4.74 Å². The highest BCUT2D eigenvalue weighted by Crippen LogP contribution is 2.28. The molecule has 1 aliphatic heterocycles. The van der Waals surface area contributed by atoms with Crippen molar-refractivity contribution in [3.8, 4) is 0 Å². The number of hydrogen-bond acceptors (Lipinski definition) is 4. The summed E-state index contributed by atoms with van der Waals surface area (Å²) in [7, 11) is 0. The van der Waals surface area contributed by atoms with E-state index in [0.29, 0.717) is 12.1 Å². The zero-order chi connectivity index (χ0) is 17.7. The van der Waals surface area contributed by atoms with Crippen LogP contribution in [0, 0.1) is 0 Å². The monoisotopic (exact) mass is 339 g/mol. The van der Waals surface area contributed by atoms with Gasteiger partial charge in [-0.15, -0.1) is 0 Å². The number of hydrogen-bond donors (Lipinski definition) is 1. The molecular weight excluding hydrogens is 302 g/mol. The molecule has 1 amide bonds. The fourth-order valence-corrected chi connectivity index (χ4v) is 4.05. The molecule has 0 bridgehead atoms. The molecular formula is C19H37N3O2. The minimum Gasteiger partial charge on any atom is -0.444 e. The van der Waals surface area contributed by atoms with E-state index in [4.69, 9.17) is 10.5 Å². The molecule has 24 heavy (non-hydrogen) atoms. The maximum Gasteiger partial charge on any atom is 0.410 e. The van der Waals surface area contributed by atoms with Gasteiger partial charge in [0.1, 0.15) is 5.60 Å². The Morgan fingerprint density at radius 2 is 1.92 bits per heavy atom. The van der Waals surface area contributed by atoms with Gasteiger partial charge in [0.15, 0.2) is 0 Å². The summed E-state index contributed by atoms with van der Waals surface area (Å²) in [6.45, 7) is 10.5. The Balaban J connectivity index is 2.02. The van der Waals surface area contributed by atoms with Gasteiger partial charge < -0.3 is 15.4 Å². The van der Waals surface area contributed by atoms with Gasteiger partial charge in [-0.05, 0) is 40.0 Å². The molecule has 1 saturated carbocycles. The van der Waals surface area contributed by atoms with Gasteiger partial charge in [-0.25, -0.2) is 4.79 Å². The first kappa shape index (κ1) is 19.5. The fourth-order valence-electron chi connectivity index (χ4n) is 4.05. The normalized spacial score (nSPS) is 29.5. The average molecular weight is 340 g/mol. The Kier molecular flexibility index (Phi) is 6.93. The molecule has 2 aliphatic rings. The quantitative estimate of drug-likeness (QED) is 0.853. The minimum atomic E-state index is -0.432. The van der Waals surface area contributed by atoms with Gasteiger partial charge in [0.25, 0.3) is 0 Å². The average Bonchev–Trinajstić information content (AvgIpc) is 2.51. The summed E-state index contributed by atoms with van der Waals surface area (Å²) in [5, 5.41) is 0. The van der Waals surface area contributed by atoms with Gasteiger partial charge in [0, 0.05) is 37.8 Å². The molecule has 1 saturated heterocycles. The van der Waals surface area contributed by atoms with Crippen LogP contribution in [0.2, 0.25) is 0 Å². The number of nitrogens with two attached hydrogens (primary N) is 1. The van der Waals surface area contributed by atoms with Crippen molar-refractivity contribution in [3.63, 3.8) is 0 Å². The van der Waals surface area contributed by atoms with Crippen molar-refractivity contribution in [1.29, 1.82) is 0 Å². The second kappa shape index (κ2) is 8.52. The summed E-state index contributed by atoms with van der Waals surface area (Å²) in [5.74, 6) is 0. The summed E-state index contributed by atoms with van der Waals surface area (Å²) < 4.78 is 5.58. The van der Waals surface area contributed by atoms with Crippen molar-refractivity contribution in [2.75, 3.05) is 19.6 Å². The van der Waals surface area contributed by atoms with E-state index < -0.39 is 5.60 Å². The lowest BCUT2D eigenvalue weighted by molar-refractivity contribution is -0.0136. The first-order valence-corrected chi connectivity index (χ1v) is 9.81. The maximum atomic E-state index is 12.4. The number of carbonyl (C=O) groups excluding carboxylic acids is 1. The minimum absolute atomic E-state index is 0.170. The molecule has 0 spiro atoms. The van der Waals surface area contributed by atoms with Crippen LogP contribution in [0.1, 0.15) is 72.6 Å². The van der Waals surface area contributed by atoms with Crippen LogP contribution in [0.15, 0.2) is 0 Å². The molecule has 140 valence electrons. The Morgan fingerprint density at radius 1 is 1.21 bits per heavy atom. The number of carbonyl (C=O) groups is 1. The number of amides is 1. The molecule has 2 rings (SSSR count). The second-order valence-electron chi connectivity index (χ2n) is 8.48. The highest BCUT2D eigenvalue weighted by atomic mass is 16.6. The van der Waals surface area contributed by atoms with E-state index >= 15 is 0 Å². The van der Waals surface area contributed by atoms with Crippen LogP contribution in [-0.4, -0.2) is 59.3 Å². The largest absolute Gasteiger partial charge is 0.444 e. The van der Waals surface area contributed by atoms with Crippen molar-refractivity contribution in [2.45, 2.75) is 96.4 Å². The Hall–Kier alpha value is -0.810. The third-order valence-corrected chi connectivity index (χ3v) is 5.28. The molecule has 0 aromatic rings. The van der Waals surface area contributed by atoms with Crippen LogP contribution >= 0.6 is 0 Å². The number of ether oxygens (including phenoxy) is 1. The summed E-state index contributed by atoms with van der Waals surface area (Å²) >= 11 is 0. The number of unbranched alkanes of at least 4 members (excludes halogenated alkanes) is 1. The van der Waals surface area contributed by atoms with Gasteiger partial charge in [0.2, 0.25) is 0 Å². The summed E-state index contributed by atoms with van der Waals surface area (Å²) in [6, 6.07) is 1.19. The summed E-state index contributed by atoms with van der Waals surface area (Å²) in [5.41, 5.74) is 6.00. The number of piperazine rings is 1. The molecule has 5 heteroatoms. The van der Waals surface area contributed by atoms with Crippen molar-refractivity contribution < 1.29 is 9.53 Å². The van der Waals surface area contributed by atoms with Crippen LogP contribution in [0.5, 0.6) is 0 Å². The van der Waals surface area contributed by atoms with Crippen molar-refractivity contribution >= 4 is 6.09 Å². The van der Waals surface area contributed by atoms with Crippen molar-refractivity contribution in [2.24, 2.45) is 5.73 Å². The van der Waals surface area contributed by atoms with Gasteiger partial charge in [-0.1, -0.05) is 32.6 Å². The first-order valence-electron chi connectivity index (χ1n) is 9.81. The van der Waals surface area contributed by atoms with Gasteiger partial charge in [0.05, 0.1) is 0 Å². The predicted molar refractivity (Wildman–Crippen MR) is 98.1 cm³/mol. The molecule has 1 aliphatic carbocycles. The predicted octanol–water partition coefficient (Wildman–Crippen LogP) is 3.37. The molecule has 2 N–H and O–H groups in total. The number of rotatable bonds is 4. The molecule has 0 radical (unpaired) electrons. The van der Waals surface area contributed by atoms with Crippen molar-refractivity contribution in [1.82, 2.24) is 9.80 Å². The summed E-state index contributed by atoms with van der Waals surface area (Å²) in [6.07, 6.45) is 8.24. The molecule has 5 nitrogen and oxygen atoms in total. The topological polar surface area (TPSA) is 58.8 Å². The lowest BCUT2D eigenvalue weighted by atomic mass is 9.87. The van der Waals surface area contributed by atoms with E-state index in [1.165, 1.54) is 32.1 Å². The van der Waals surface area contributed by atoms with Crippen LogP contribution in [0.3, 0.4) is 0 Å². The summed E-state index contributed by atoms with van der Waals surface area (Å²) in [4.78, 5) is 17.0. The number of nitrogens with zero attached hydrogens (tertiary/aromatic N) is 2. The zero-order valence-corrected chi connectivity index (χ0v) is 16.1. The van der Waals surface area contributed by atoms with Crippen LogP contribution in [0.4, 0.5) is 4.79 Å². The first-order chi connectivity index (χ1) is 11.3. The molecule has 3 atom stereocenters. The van der Waals surface area contributed by atoms with Crippen LogP contribution < -0.4 is 5.73 Å². The molecule has 2 fully saturated rings. The molecule has 0 aromatic heterocycles. The Morgan fingerprint density at radius 3 is 2.54 bits per heavy atom. The standard InChI is InChI=1S/C19H37N3O2/c1-5-6-9-15-14-21(18(23)24-19(2,3)4)12-13-22(15)17-11-8-7-10-16(17)20/h15-17H,5-14,20H2,1-4H3/t15?,16-,17?/m0/s1. The lowest BCUT2D eigenvalue weighted by Crippen LogP contribution is -2.62. The van der Waals surface area contributed by atoms with E-state index in [1.54, 1.807) is 0 Å². The smallest absolute Gasteiger partial charge is 0.410 e. The van der Waals surface area contributed by atoms with Crippen LogP contribution in [0.25, 0.3) is 0 Å². The zero-order valence-electron chi connectivity index (χ0n) is 16.1. The Bertz CT molecular complexity index is 408. The fraction of sp³-hybridized carbons (Fsp3) is 0.947. The molecule has 2 unspecified atom stereocenters. The van der Waals surface area contributed by atoms with E-state index in [1.807, 2.05) is 25.7 Å². The van der Waals surface area contributed by atoms with Gasteiger partial charge in [-0.3, -0.25) is 4.90 Å². The van der Waals surface area contributed by atoms with Gasteiger partial charge >= 0.3 is 6.09 Å². The SMILES string of the molecule is CCCCC1CN(C(=O)OC(C)(C)C)CCN1C1CCCC[C@@H]1N. The second-order valence-corrected chi connectivity index (χ2v) is 8.48. The van der Waals surface area contributed by atoms with Gasteiger partial charge in [-0.2, -0.15) is 0 Å². The third-order valence-electron chi connectivity index (χ3n) is 5.28. The highest BCUT2D eigenvalue weighted by molar-refractivity contribution is 5.68. The van der Waals surface area contributed by atoms with E-state index in [9.17, 15) is 4.79 Å². The van der Waals surface area contributed by atoms with E-state index in [0.717, 1.165) is 32.5 Å². The highest BCUT2D eigenvalue weighted by Gasteiger charge is 2.37. The molecule has 0 aromatic carbocycles. The Labute approximate surface area is 147 Å². The van der Waals surface area contributed by atoms with E-state index in [-0.39, 0.29) is 12.1 Å². The maximum absolute atomic E-state index is 12.4.